The Morgan fingerprint density at radius 1 is 1.24 bits per heavy atom. The summed E-state index contributed by atoms with van der Waals surface area (Å²) in [6.45, 7) is 5.65. The van der Waals surface area contributed by atoms with Gasteiger partial charge in [0.1, 0.15) is 0 Å². The Kier molecular flexibility index (Phi) is 5.20. The molecule has 0 bridgehead atoms. The molecule has 2 rings (SSSR count). The van der Waals surface area contributed by atoms with E-state index in [1.54, 1.807) is 0 Å². The van der Waals surface area contributed by atoms with Crippen molar-refractivity contribution in [3.05, 3.63) is 23.9 Å². The van der Waals surface area contributed by atoms with E-state index in [0.29, 0.717) is 0 Å². The van der Waals surface area contributed by atoms with Gasteiger partial charge in [-0.05, 0) is 19.0 Å². The molecule has 0 amide bonds. The average molecular weight is 275 g/mol. The second kappa shape index (κ2) is 6.67. The molecule has 1 fully saturated rings. The number of hydrogen-bond acceptors (Lipinski definition) is 2. The smallest absolute Gasteiger partial charge is 0.0573 e. The number of allylic oxidation sites excluding steroid dienone is 4. The number of alkyl halides is 2. The lowest BCUT2D eigenvalue weighted by atomic mass is 10.1. The van der Waals surface area contributed by atoms with E-state index >= 15 is 0 Å². The van der Waals surface area contributed by atoms with Gasteiger partial charge in [-0.1, -0.05) is 12.2 Å². The molecule has 1 aliphatic heterocycles. The lowest BCUT2D eigenvalue weighted by Gasteiger charge is -2.38. The Balaban J connectivity index is 1.79. The SMILES string of the molecule is ClCCCN1CCN(C2=CC=CC(Cl)C2)CC1. The molecule has 0 saturated carbocycles. The van der Waals surface area contributed by atoms with E-state index in [1.807, 2.05) is 0 Å². The van der Waals surface area contributed by atoms with Gasteiger partial charge in [-0.3, -0.25) is 4.90 Å². The average Bonchev–Trinajstić information content (AvgIpc) is 2.37. The minimum Gasteiger partial charge on any atom is -0.372 e. The first-order valence-electron chi connectivity index (χ1n) is 6.34. The van der Waals surface area contributed by atoms with Crippen molar-refractivity contribution in [2.75, 3.05) is 38.6 Å². The van der Waals surface area contributed by atoms with Gasteiger partial charge in [-0.25, -0.2) is 0 Å². The number of halogens is 2. The van der Waals surface area contributed by atoms with Gasteiger partial charge in [-0.2, -0.15) is 0 Å². The van der Waals surface area contributed by atoms with Gasteiger partial charge in [0.05, 0.1) is 5.38 Å². The van der Waals surface area contributed by atoms with E-state index in [4.69, 9.17) is 23.2 Å². The van der Waals surface area contributed by atoms with E-state index < -0.39 is 0 Å². The van der Waals surface area contributed by atoms with Crippen molar-refractivity contribution < 1.29 is 0 Å². The van der Waals surface area contributed by atoms with Crippen LogP contribution in [0.5, 0.6) is 0 Å². The summed E-state index contributed by atoms with van der Waals surface area (Å²) in [5.74, 6) is 0.768. The van der Waals surface area contributed by atoms with E-state index in [9.17, 15) is 0 Å². The van der Waals surface area contributed by atoms with Crippen LogP contribution in [-0.4, -0.2) is 53.8 Å². The highest BCUT2D eigenvalue weighted by Crippen LogP contribution is 2.21. The summed E-state index contributed by atoms with van der Waals surface area (Å²) < 4.78 is 0. The molecule has 1 heterocycles. The minimum atomic E-state index is 0.171. The molecule has 1 atom stereocenters. The number of rotatable bonds is 4. The largest absolute Gasteiger partial charge is 0.372 e. The Hall–Kier alpha value is -0.180. The van der Waals surface area contributed by atoms with Crippen LogP contribution in [0.4, 0.5) is 0 Å². The van der Waals surface area contributed by atoms with Gasteiger partial charge in [0.15, 0.2) is 0 Å². The summed E-state index contributed by atoms with van der Waals surface area (Å²) >= 11 is 11.9. The predicted octanol–water partition coefficient (Wildman–Crippen LogP) is 2.68. The van der Waals surface area contributed by atoms with Crippen LogP contribution in [0.25, 0.3) is 0 Å². The van der Waals surface area contributed by atoms with Crippen LogP contribution in [0.15, 0.2) is 23.9 Å². The number of piperazine rings is 1. The Morgan fingerprint density at radius 2 is 2.00 bits per heavy atom. The first-order valence-corrected chi connectivity index (χ1v) is 7.31. The van der Waals surface area contributed by atoms with Gasteiger partial charge in [0.2, 0.25) is 0 Å². The molecule has 0 aromatic rings. The molecular weight excluding hydrogens is 255 g/mol. The zero-order valence-corrected chi connectivity index (χ0v) is 11.6. The topological polar surface area (TPSA) is 6.48 Å². The monoisotopic (exact) mass is 274 g/mol. The fraction of sp³-hybridized carbons (Fsp3) is 0.692. The Morgan fingerprint density at radius 3 is 2.65 bits per heavy atom. The van der Waals surface area contributed by atoms with Crippen LogP contribution in [-0.2, 0) is 0 Å². The second-order valence-electron chi connectivity index (χ2n) is 4.63. The highest BCUT2D eigenvalue weighted by atomic mass is 35.5. The van der Waals surface area contributed by atoms with Crippen molar-refractivity contribution in [1.82, 2.24) is 9.80 Å². The van der Waals surface area contributed by atoms with Crippen LogP contribution in [0, 0.1) is 0 Å². The highest BCUT2D eigenvalue weighted by Gasteiger charge is 2.20. The molecule has 96 valence electrons. The molecule has 1 unspecified atom stereocenters. The quantitative estimate of drug-likeness (QED) is 0.728. The standard InChI is InChI=1S/C13H20Cl2N2/c14-5-2-6-16-7-9-17(10-8-16)13-4-1-3-12(15)11-13/h1,3-4,12H,2,5-11H2. The molecule has 1 saturated heterocycles. The number of hydrogen-bond donors (Lipinski definition) is 0. The minimum absolute atomic E-state index is 0.171. The summed E-state index contributed by atoms with van der Waals surface area (Å²) in [6, 6.07) is 0. The van der Waals surface area contributed by atoms with Gasteiger partial charge in [-0.15, -0.1) is 23.2 Å². The molecule has 4 heteroatoms. The molecule has 0 aromatic heterocycles. The molecule has 2 aliphatic rings. The number of nitrogens with zero attached hydrogens (tertiary/aromatic N) is 2. The van der Waals surface area contributed by atoms with Crippen LogP contribution < -0.4 is 0 Å². The van der Waals surface area contributed by atoms with Gasteiger partial charge in [0.25, 0.3) is 0 Å². The van der Waals surface area contributed by atoms with E-state index in [0.717, 1.165) is 51.4 Å². The zero-order chi connectivity index (χ0) is 12.1. The molecule has 2 nitrogen and oxygen atoms in total. The molecular formula is C13H20Cl2N2. The first kappa shape index (κ1) is 13.3. The van der Waals surface area contributed by atoms with Crippen molar-refractivity contribution in [3.63, 3.8) is 0 Å². The third-order valence-corrected chi connectivity index (χ3v) is 3.97. The normalized spacial score (nSPS) is 26.1. The van der Waals surface area contributed by atoms with Crippen molar-refractivity contribution in [1.29, 1.82) is 0 Å². The summed E-state index contributed by atoms with van der Waals surface area (Å²) in [4.78, 5) is 4.96. The summed E-state index contributed by atoms with van der Waals surface area (Å²) in [5, 5.41) is 0.171. The van der Waals surface area contributed by atoms with E-state index in [-0.39, 0.29) is 5.38 Å². The maximum atomic E-state index is 6.15. The van der Waals surface area contributed by atoms with Crippen LogP contribution in [0.1, 0.15) is 12.8 Å². The highest BCUT2D eigenvalue weighted by molar-refractivity contribution is 6.22. The van der Waals surface area contributed by atoms with Gasteiger partial charge in [0, 0.05) is 44.2 Å². The van der Waals surface area contributed by atoms with E-state index in [1.165, 1.54) is 5.70 Å². The van der Waals surface area contributed by atoms with Crippen molar-refractivity contribution in [2.45, 2.75) is 18.2 Å². The molecule has 0 radical (unpaired) electrons. The van der Waals surface area contributed by atoms with Gasteiger partial charge >= 0.3 is 0 Å². The molecule has 1 aliphatic carbocycles. The van der Waals surface area contributed by atoms with E-state index in [2.05, 4.69) is 28.0 Å². The zero-order valence-electron chi connectivity index (χ0n) is 10.1. The predicted molar refractivity (Wildman–Crippen MR) is 74.8 cm³/mol. The maximum absolute atomic E-state index is 6.15. The second-order valence-corrected chi connectivity index (χ2v) is 5.57. The summed E-state index contributed by atoms with van der Waals surface area (Å²) in [7, 11) is 0. The third kappa shape index (κ3) is 3.90. The fourth-order valence-corrected chi connectivity index (χ4v) is 2.76. The molecule has 0 N–H and O–H groups in total. The van der Waals surface area contributed by atoms with Crippen molar-refractivity contribution in [3.8, 4) is 0 Å². The van der Waals surface area contributed by atoms with Gasteiger partial charge < -0.3 is 4.90 Å². The Labute approximate surface area is 114 Å². The first-order chi connectivity index (χ1) is 8.29. The van der Waals surface area contributed by atoms with Crippen LogP contribution >= 0.6 is 23.2 Å². The maximum Gasteiger partial charge on any atom is 0.0573 e. The molecule has 0 aromatic carbocycles. The molecule has 0 spiro atoms. The summed E-state index contributed by atoms with van der Waals surface area (Å²) in [5.41, 5.74) is 1.39. The summed E-state index contributed by atoms with van der Waals surface area (Å²) in [6.07, 6.45) is 8.40. The van der Waals surface area contributed by atoms with Crippen molar-refractivity contribution in [2.24, 2.45) is 0 Å². The van der Waals surface area contributed by atoms with Crippen LogP contribution in [0.2, 0.25) is 0 Å². The Bertz CT molecular complexity index is 294. The lowest BCUT2D eigenvalue weighted by Crippen LogP contribution is -2.46. The third-order valence-electron chi connectivity index (χ3n) is 3.40. The van der Waals surface area contributed by atoms with Crippen LogP contribution in [0.3, 0.4) is 0 Å². The fourth-order valence-electron chi connectivity index (χ4n) is 2.40. The molecule has 17 heavy (non-hydrogen) atoms. The van der Waals surface area contributed by atoms with Crippen molar-refractivity contribution >= 4 is 23.2 Å². The lowest BCUT2D eigenvalue weighted by molar-refractivity contribution is 0.156.